The largest absolute Gasteiger partial charge is 0.295 e. The molecule has 0 radical (unpaired) electrons. The summed E-state index contributed by atoms with van der Waals surface area (Å²) >= 11 is 0. The Morgan fingerprint density at radius 3 is 2.55 bits per heavy atom. The molecule has 5 heteroatoms. The maximum atomic E-state index is 10.5. The van der Waals surface area contributed by atoms with Crippen molar-refractivity contribution in [1.82, 2.24) is 9.97 Å². The molecule has 0 saturated heterocycles. The number of amides is 1. The fourth-order valence-electron chi connectivity index (χ4n) is 0.615. The molecule has 0 atom stereocenters. The van der Waals surface area contributed by atoms with Crippen LogP contribution in [0, 0.1) is 0 Å². The third-order valence-electron chi connectivity index (χ3n) is 1.07. The molecule has 0 aromatic carbocycles. The highest BCUT2D eigenvalue weighted by atomic mass is 16.1. The first kappa shape index (κ1) is 7.72. The Labute approximate surface area is 65.5 Å². The van der Waals surface area contributed by atoms with Crippen LogP contribution >= 0.6 is 0 Å². The van der Waals surface area contributed by atoms with E-state index in [0.717, 1.165) is 5.46 Å². The Morgan fingerprint density at radius 1 is 1.55 bits per heavy atom. The first-order valence-corrected chi connectivity index (χ1v) is 3.25. The van der Waals surface area contributed by atoms with E-state index in [-0.39, 0.29) is 5.91 Å². The van der Waals surface area contributed by atoms with E-state index in [4.69, 9.17) is 0 Å². The molecule has 11 heavy (non-hydrogen) atoms. The number of hydrogen-bond donors (Lipinski definition) is 1. The number of aromatic nitrogens is 2. The summed E-state index contributed by atoms with van der Waals surface area (Å²) < 4.78 is 0. The Balaban J connectivity index is 2.74. The Bertz CT molecular complexity index is 259. The van der Waals surface area contributed by atoms with E-state index in [2.05, 4.69) is 15.3 Å². The normalized spacial score (nSPS) is 9.18. The molecule has 0 saturated carbocycles. The van der Waals surface area contributed by atoms with Gasteiger partial charge in [-0.2, -0.15) is 0 Å². The number of carbonyl (C=O) groups is 1. The van der Waals surface area contributed by atoms with Crippen LogP contribution in [0.15, 0.2) is 12.4 Å². The van der Waals surface area contributed by atoms with Gasteiger partial charge in [0.25, 0.3) is 0 Å². The number of nitrogens with zero attached hydrogens (tertiary/aromatic N) is 2. The minimum Gasteiger partial charge on any atom is -0.295 e. The van der Waals surface area contributed by atoms with Gasteiger partial charge in [-0.3, -0.25) is 10.1 Å². The molecule has 0 unspecified atom stereocenters. The quantitative estimate of drug-likeness (QED) is 0.504. The van der Waals surface area contributed by atoms with Crippen LogP contribution in [0.3, 0.4) is 0 Å². The average molecular weight is 149 g/mol. The summed E-state index contributed by atoms with van der Waals surface area (Å²) in [7, 11) is 1.89. The summed E-state index contributed by atoms with van der Waals surface area (Å²) in [6.07, 6.45) is 3.30. The van der Waals surface area contributed by atoms with Crippen molar-refractivity contribution >= 4 is 25.2 Å². The molecular weight excluding hydrogens is 141 g/mol. The van der Waals surface area contributed by atoms with Gasteiger partial charge in [-0.25, -0.2) is 9.97 Å². The Kier molecular flexibility index (Phi) is 2.20. The van der Waals surface area contributed by atoms with Crippen molar-refractivity contribution in [2.45, 2.75) is 6.92 Å². The van der Waals surface area contributed by atoms with Gasteiger partial charge < -0.3 is 0 Å². The SMILES string of the molecule is Bc1cnc(NC(C)=O)nc1. The zero-order valence-corrected chi connectivity index (χ0v) is 6.46. The maximum absolute atomic E-state index is 10.5. The van der Waals surface area contributed by atoms with Crippen molar-refractivity contribution in [2.75, 3.05) is 5.32 Å². The van der Waals surface area contributed by atoms with Gasteiger partial charge in [0.1, 0.15) is 7.85 Å². The molecule has 0 aliphatic heterocycles. The van der Waals surface area contributed by atoms with Crippen molar-refractivity contribution in [3.05, 3.63) is 12.4 Å². The number of nitrogens with one attached hydrogen (secondary N) is 1. The Hall–Kier alpha value is -1.39. The molecule has 4 nitrogen and oxygen atoms in total. The third kappa shape index (κ3) is 2.37. The van der Waals surface area contributed by atoms with Gasteiger partial charge in [-0.1, -0.05) is 5.46 Å². The fraction of sp³-hybridized carbons (Fsp3) is 0.167. The number of rotatable bonds is 1. The van der Waals surface area contributed by atoms with Crippen LogP contribution in [0.2, 0.25) is 0 Å². The average Bonchev–Trinajstić information content (AvgIpc) is 1.93. The van der Waals surface area contributed by atoms with Crippen molar-refractivity contribution in [3.8, 4) is 0 Å². The molecule has 1 N–H and O–H groups in total. The molecule has 0 spiro atoms. The van der Waals surface area contributed by atoms with Crippen LogP contribution in [0.5, 0.6) is 0 Å². The highest BCUT2D eigenvalue weighted by Gasteiger charge is 1.95. The molecule has 0 aliphatic rings. The van der Waals surface area contributed by atoms with E-state index in [0.29, 0.717) is 5.95 Å². The maximum Gasteiger partial charge on any atom is 0.229 e. The smallest absolute Gasteiger partial charge is 0.229 e. The predicted molar refractivity (Wildman–Crippen MR) is 44.5 cm³/mol. The van der Waals surface area contributed by atoms with Gasteiger partial charge in [0.05, 0.1) is 0 Å². The fourth-order valence-corrected chi connectivity index (χ4v) is 0.615. The van der Waals surface area contributed by atoms with Gasteiger partial charge in [0.15, 0.2) is 0 Å². The first-order chi connectivity index (χ1) is 5.18. The van der Waals surface area contributed by atoms with Crippen molar-refractivity contribution in [3.63, 3.8) is 0 Å². The topological polar surface area (TPSA) is 54.9 Å². The third-order valence-corrected chi connectivity index (χ3v) is 1.07. The molecule has 0 fully saturated rings. The van der Waals surface area contributed by atoms with Crippen molar-refractivity contribution in [1.29, 1.82) is 0 Å². The standard InChI is InChI=1S/C6H8BN3O/c1-4(11)10-6-8-2-5(7)3-9-6/h2-3H,7H2,1H3,(H,8,9,10,11). The van der Waals surface area contributed by atoms with Gasteiger partial charge in [-0.05, 0) is 0 Å². The number of anilines is 1. The van der Waals surface area contributed by atoms with Crippen LogP contribution in [0.1, 0.15) is 6.92 Å². The summed E-state index contributed by atoms with van der Waals surface area (Å²) in [6.45, 7) is 1.42. The second-order valence-electron chi connectivity index (χ2n) is 2.27. The molecule has 56 valence electrons. The molecule has 1 amide bonds. The molecule has 1 heterocycles. The van der Waals surface area contributed by atoms with Crippen LogP contribution in [-0.2, 0) is 4.79 Å². The molecule has 0 aliphatic carbocycles. The molecule has 1 aromatic rings. The van der Waals surface area contributed by atoms with E-state index < -0.39 is 0 Å². The molecule has 1 aromatic heterocycles. The first-order valence-electron chi connectivity index (χ1n) is 3.25. The lowest BCUT2D eigenvalue weighted by Gasteiger charge is -1.97. The lowest BCUT2D eigenvalue weighted by atomic mass is 10.0. The zero-order chi connectivity index (χ0) is 8.27. The van der Waals surface area contributed by atoms with E-state index >= 15 is 0 Å². The van der Waals surface area contributed by atoms with Crippen LogP contribution in [-0.4, -0.2) is 23.7 Å². The minimum absolute atomic E-state index is 0.158. The summed E-state index contributed by atoms with van der Waals surface area (Å²) in [5, 5.41) is 2.47. The van der Waals surface area contributed by atoms with Crippen LogP contribution in [0.25, 0.3) is 0 Å². The minimum atomic E-state index is -0.158. The van der Waals surface area contributed by atoms with Gasteiger partial charge in [-0.15, -0.1) is 0 Å². The number of hydrogen-bond acceptors (Lipinski definition) is 3. The van der Waals surface area contributed by atoms with Gasteiger partial charge in [0.2, 0.25) is 11.9 Å². The number of carbonyl (C=O) groups excluding carboxylic acids is 1. The van der Waals surface area contributed by atoms with Gasteiger partial charge in [0, 0.05) is 19.3 Å². The lowest BCUT2D eigenvalue weighted by molar-refractivity contribution is -0.114. The highest BCUT2D eigenvalue weighted by molar-refractivity contribution is 6.31. The monoisotopic (exact) mass is 149 g/mol. The lowest BCUT2D eigenvalue weighted by Crippen LogP contribution is -2.12. The van der Waals surface area contributed by atoms with Crippen molar-refractivity contribution < 1.29 is 4.79 Å². The van der Waals surface area contributed by atoms with Crippen LogP contribution in [0.4, 0.5) is 5.95 Å². The summed E-state index contributed by atoms with van der Waals surface area (Å²) in [6, 6.07) is 0. The van der Waals surface area contributed by atoms with E-state index in [1.807, 2.05) is 7.85 Å². The van der Waals surface area contributed by atoms with E-state index in [1.165, 1.54) is 6.92 Å². The Morgan fingerprint density at radius 2 is 2.09 bits per heavy atom. The molecular formula is C6H8BN3O. The highest BCUT2D eigenvalue weighted by Crippen LogP contribution is 1.90. The summed E-state index contributed by atoms with van der Waals surface area (Å²) in [5.41, 5.74) is 0.971. The zero-order valence-electron chi connectivity index (χ0n) is 6.46. The van der Waals surface area contributed by atoms with Gasteiger partial charge >= 0.3 is 0 Å². The van der Waals surface area contributed by atoms with Crippen molar-refractivity contribution in [2.24, 2.45) is 0 Å². The summed E-state index contributed by atoms with van der Waals surface area (Å²) in [4.78, 5) is 18.3. The second-order valence-corrected chi connectivity index (χ2v) is 2.27. The molecule has 0 bridgehead atoms. The van der Waals surface area contributed by atoms with Crippen LogP contribution < -0.4 is 10.8 Å². The summed E-state index contributed by atoms with van der Waals surface area (Å²) in [5.74, 6) is 0.192. The second kappa shape index (κ2) is 3.14. The predicted octanol–water partition coefficient (Wildman–Crippen LogP) is -1.31. The van der Waals surface area contributed by atoms with E-state index in [9.17, 15) is 4.79 Å². The van der Waals surface area contributed by atoms with E-state index in [1.54, 1.807) is 12.4 Å². The molecule has 1 rings (SSSR count).